The Hall–Kier alpha value is -4.02. The second-order valence-corrected chi connectivity index (χ2v) is 9.61. The van der Waals surface area contributed by atoms with Gasteiger partial charge in [0.15, 0.2) is 4.80 Å². The van der Waals surface area contributed by atoms with Gasteiger partial charge in [-0.15, -0.1) is 0 Å². The number of para-hydroxylation sites is 1. The van der Waals surface area contributed by atoms with Gasteiger partial charge in [-0.25, -0.2) is 9.79 Å². The van der Waals surface area contributed by atoms with Gasteiger partial charge in [-0.1, -0.05) is 53.3 Å². The van der Waals surface area contributed by atoms with Gasteiger partial charge in [0.25, 0.3) is 11.5 Å². The largest absolute Gasteiger partial charge is 0.466 e. The van der Waals surface area contributed by atoms with Gasteiger partial charge in [0, 0.05) is 10.6 Å². The third-order valence-electron chi connectivity index (χ3n) is 6.05. The van der Waals surface area contributed by atoms with Crippen molar-refractivity contribution in [2.75, 3.05) is 18.6 Å². The Bertz CT molecular complexity index is 1670. The first-order chi connectivity index (χ1) is 17.2. The van der Waals surface area contributed by atoms with Crippen LogP contribution in [0.3, 0.4) is 0 Å². The van der Waals surface area contributed by atoms with Crippen LogP contribution in [0.5, 0.6) is 0 Å². The van der Waals surface area contributed by atoms with Crippen LogP contribution in [-0.4, -0.2) is 36.0 Å². The first kappa shape index (κ1) is 23.7. The minimum atomic E-state index is -0.839. The van der Waals surface area contributed by atoms with E-state index in [9.17, 15) is 19.2 Å². The number of fused-ring (bicyclic) bond motifs is 2. The van der Waals surface area contributed by atoms with E-state index in [4.69, 9.17) is 22.1 Å². The predicted octanol–water partition coefficient (Wildman–Crippen LogP) is 1.26. The Morgan fingerprint density at radius 3 is 2.50 bits per heavy atom. The number of anilines is 1. The van der Waals surface area contributed by atoms with Crippen molar-refractivity contribution in [1.82, 2.24) is 4.57 Å². The highest BCUT2D eigenvalue weighted by atomic mass is 35.5. The first-order valence-electron chi connectivity index (χ1n) is 10.8. The van der Waals surface area contributed by atoms with Gasteiger partial charge < -0.3 is 10.5 Å². The Labute approximate surface area is 213 Å². The number of nitrogens with two attached hydrogens (primary N) is 1. The van der Waals surface area contributed by atoms with E-state index in [0.717, 1.165) is 11.3 Å². The van der Waals surface area contributed by atoms with Gasteiger partial charge in [0.05, 0.1) is 35.7 Å². The SMILES string of the molecule is COC(=O)C1=C(C)N=c2s/c(=C3/C(=O)N(CC(N)=O)c4ccccc43)c(=O)n2[C@@H]1c1ccc(Cl)cc1. The lowest BCUT2D eigenvalue weighted by molar-refractivity contribution is -0.136. The Balaban J connectivity index is 1.82. The molecule has 0 saturated heterocycles. The van der Waals surface area contributed by atoms with Gasteiger partial charge in [-0.05, 0) is 30.7 Å². The van der Waals surface area contributed by atoms with Crippen LogP contribution in [-0.2, 0) is 19.1 Å². The number of carbonyl (C=O) groups excluding carboxylic acids is 3. The van der Waals surface area contributed by atoms with Crippen LogP contribution in [0.4, 0.5) is 5.69 Å². The van der Waals surface area contributed by atoms with Crippen molar-refractivity contribution in [3.05, 3.63) is 95.6 Å². The molecule has 2 amide bonds. The zero-order chi connectivity index (χ0) is 25.7. The molecule has 0 spiro atoms. The van der Waals surface area contributed by atoms with Crippen molar-refractivity contribution in [3.63, 3.8) is 0 Å². The lowest BCUT2D eigenvalue weighted by Gasteiger charge is -2.24. The van der Waals surface area contributed by atoms with Crippen LogP contribution < -0.4 is 25.5 Å². The van der Waals surface area contributed by atoms with Gasteiger partial charge in [-0.3, -0.25) is 23.9 Å². The molecule has 3 aromatic rings. The number of hydrogen-bond acceptors (Lipinski definition) is 7. The quantitative estimate of drug-likeness (QED) is 0.517. The molecule has 2 aromatic carbocycles. The molecular weight excluding hydrogens is 504 g/mol. The van der Waals surface area contributed by atoms with Crippen molar-refractivity contribution >= 4 is 52.0 Å². The van der Waals surface area contributed by atoms with Crippen molar-refractivity contribution in [1.29, 1.82) is 0 Å². The number of esters is 1. The molecule has 36 heavy (non-hydrogen) atoms. The van der Waals surface area contributed by atoms with E-state index in [1.54, 1.807) is 55.5 Å². The van der Waals surface area contributed by atoms with Gasteiger partial charge in [0.2, 0.25) is 5.91 Å². The number of ether oxygens (including phenoxy) is 1. The van der Waals surface area contributed by atoms with Crippen LogP contribution in [0.25, 0.3) is 5.57 Å². The zero-order valence-electron chi connectivity index (χ0n) is 19.1. The minimum absolute atomic E-state index is 0.149. The number of allylic oxidation sites excluding steroid dienone is 1. The third kappa shape index (κ3) is 3.66. The summed E-state index contributed by atoms with van der Waals surface area (Å²) in [5.41, 5.74) is 7.27. The highest BCUT2D eigenvalue weighted by Crippen LogP contribution is 2.35. The summed E-state index contributed by atoms with van der Waals surface area (Å²) in [6.07, 6.45) is 0. The van der Waals surface area contributed by atoms with E-state index < -0.39 is 29.4 Å². The van der Waals surface area contributed by atoms with Crippen LogP contribution in [0.15, 0.2) is 69.6 Å². The number of carbonyl (C=O) groups is 3. The lowest BCUT2D eigenvalue weighted by atomic mass is 9.96. The number of methoxy groups -OCH3 is 1. The summed E-state index contributed by atoms with van der Waals surface area (Å²) in [7, 11) is 1.26. The van der Waals surface area contributed by atoms with E-state index in [1.165, 1.54) is 16.6 Å². The standard InChI is InChI=1S/C25H19ClN4O5S/c1-12-18(24(34)35-2)20(13-7-9-14(26)10-8-13)30-23(33)21(36-25(30)28-12)19-15-5-3-4-6-16(15)29(22(19)32)11-17(27)31/h3-10,20H,11H2,1-2H3,(H2,27,31)/b21-19+/t20-/m1/s1. The average molecular weight is 523 g/mol. The van der Waals surface area contributed by atoms with Crippen LogP contribution in [0.1, 0.15) is 24.1 Å². The molecule has 0 radical (unpaired) electrons. The van der Waals surface area contributed by atoms with Crippen molar-refractivity contribution in [2.45, 2.75) is 13.0 Å². The van der Waals surface area contributed by atoms with Crippen molar-refractivity contribution < 1.29 is 19.1 Å². The summed E-state index contributed by atoms with van der Waals surface area (Å²) in [4.78, 5) is 57.9. The Kier molecular flexibility index (Phi) is 5.85. The number of thiazole rings is 1. The molecule has 182 valence electrons. The number of primary amides is 1. The zero-order valence-corrected chi connectivity index (χ0v) is 20.7. The van der Waals surface area contributed by atoms with Crippen molar-refractivity contribution in [3.8, 4) is 0 Å². The molecule has 0 unspecified atom stereocenters. The molecule has 0 fully saturated rings. The monoisotopic (exact) mass is 522 g/mol. The number of amides is 2. The molecule has 0 saturated carbocycles. The number of aromatic nitrogens is 1. The smallest absolute Gasteiger partial charge is 0.338 e. The molecule has 1 atom stereocenters. The fraction of sp³-hybridized carbons (Fsp3) is 0.160. The van der Waals surface area contributed by atoms with E-state index >= 15 is 0 Å². The number of benzene rings is 2. The van der Waals surface area contributed by atoms with Crippen LogP contribution in [0, 0.1) is 0 Å². The van der Waals surface area contributed by atoms with E-state index in [2.05, 4.69) is 4.99 Å². The van der Waals surface area contributed by atoms with Gasteiger partial charge >= 0.3 is 5.97 Å². The minimum Gasteiger partial charge on any atom is -0.466 e. The van der Waals surface area contributed by atoms with E-state index in [-0.39, 0.29) is 22.2 Å². The maximum Gasteiger partial charge on any atom is 0.338 e. The number of rotatable bonds is 4. The summed E-state index contributed by atoms with van der Waals surface area (Å²) in [6, 6.07) is 12.8. The summed E-state index contributed by atoms with van der Waals surface area (Å²) in [5, 5.41) is 0.497. The summed E-state index contributed by atoms with van der Waals surface area (Å²) < 4.78 is 6.55. The molecule has 2 N–H and O–H groups in total. The van der Waals surface area contributed by atoms with Gasteiger partial charge in [0.1, 0.15) is 11.1 Å². The molecule has 9 nitrogen and oxygen atoms in total. The van der Waals surface area contributed by atoms with E-state index in [1.807, 2.05) is 0 Å². The highest BCUT2D eigenvalue weighted by molar-refractivity contribution is 7.07. The van der Waals surface area contributed by atoms with Gasteiger partial charge in [-0.2, -0.15) is 0 Å². The molecule has 2 aliphatic rings. The molecule has 0 aliphatic carbocycles. The summed E-state index contributed by atoms with van der Waals surface area (Å²) in [6.45, 7) is 1.34. The second-order valence-electron chi connectivity index (χ2n) is 8.20. The normalized spacial score (nSPS) is 18.0. The van der Waals surface area contributed by atoms with Crippen LogP contribution in [0.2, 0.25) is 5.02 Å². The number of nitrogens with zero attached hydrogens (tertiary/aromatic N) is 3. The molecule has 5 rings (SSSR count). The predicted molar refractivity (Wildman–Crippen MR) is 134 cm³/mol. The fourth-order valence-corrected chi connectivity index (χ4v) is 5.78. The fourth-order valence-electron chi connectivity index (χ4n) is 4.52. The molecule has 1 aromatic heterocycles. The van der Waals surface area contributed by atoms with Crippen molar-refractivity contribution in [2.24, 2.45) is 10.7 Å². The molecule has 11 heteroatoms. The molecule has 2 aliphatic heterocycles. The Morgan fingerprint density at radius 1 is 1.14 bits per heavy atom. The first-order valence-corrected chi connectivity index (χ1v) is 12.0. The molecule has 0 bridgehead atoms. The van der Waals surface area contributed by atoms with E-state index in [0.29, 0.717) is 32.3 Å². The maximum absolute atomic E-state index is 13.9. The average Bonchev–Trinajstić information content (AvgIpc) is 3.31. The number of hydrogen-bond donors (Lipinski definition) is 1. The maximum atomic E-state index is 13.9. The summed E-state index contributed by atoms with van der Waals surface area (Å²) >= 11 is 7.12. The third-order valence-corrected chi connectivity index (χ3v) is 7.36. The topological polar surface area (TPSA) is 124 Å². The molecule has 3 heterocycles. The number of halogens is 1. The summed E-state index contributed by atoms with van der Waals surface area (Å²) in [5.74, 6) is -1.81. The van der Waals surface area contributed by atoms with Crippen LogP contribution >= 0.6 is 22.9 Å². The lowest BCUT2D eigenvalue weighted by Crippen LogP contribution is -2.41. The second kappa shape index (κ2) is 8.89. The highest BCUT2D eigenvalue weighted by Gasteiger charge is 2.37. The Morgan fingerprint density at radius 2 is 1.83 bits per heavy atom. The molecular formula is C25H19ClN4O5S.